The van der Waals surface area contributed by atoms with Gasteiger partial charge in [-0.3, -0.25) is 9.78 Å². The van der Waals surface area contributed by atoms with Crippen LogP contribution in [0.1, 0.15) is 34.5 Å². The molecule has 0 saturated carbocycles. The first-order valence-electron chi connectivity index (χ1n) is 9.43. The van der Waals surface area contributed by atoms with Crippen molar-refractivity contribution in [3.8, 4) is 0 Å². The molecule has 2 aromatic rings. The fourth-order valence-electron chi connectivity index (χ4n) is 3.78. The molecule has 3 heterocycles. The van der Waals surface area contributed by atoms with Crippen LogP contribution in [0.4, 0.5) is 11.4 Å². The number of aryl methyl sites for hydroxylation is 2. The lowest BCUT2D eigenvalue weighted by Crippen LogP contribution is -2.47. The van der Waals surface area contributed by atoms with E-state index in [2.05, 4.69) is 36.3 Å². The number of hydrogen-bond acceptors (Lipinski definition) is 5. The van der Waals surface area contributed by atoms with Gasteiger partial charge in [0.1, 0.15) is 5.69 Å². The molecule has 0 aliphatic carbocycles. The molecule has 1 N–H and O–H groups in total. The Balaban J connectivity index is 1.47. The molecule has 2 saturated heterocycles. The first kappa shape index (κ1) is 17.9. The van der Waals surface area contributed by atoms with Gasteiger partial charge >= 0.3 is 0 Å². The topological polar surface area (TPSA) is 63.7 Å². The van der Waals surface area contributed by atoms with Gasteiger partial charge in [0.25, 0.3) is 5.91 Å². The van der Waals surface area contributed by atoms with E-state index in [4.69, 9.17) is 9.47 Å². The molecule has 1 amide bonds. The average molecular weight is 367 g/mol. The van der Waals surface area contributed by atoms with Crippen LogP contribution in [0.5, 0.6) is 0 Å². The van der Waals surface area contributed by atoms with Crippen LogP contribution < -0.4 is 5.32 Å². The maximum Gasteiger partial charge on any atom is 0.272 e. The Hall–Kier alpha value is -2.44. The smallest absolute Gasteiger partial charge is 0.272 e. The number of carbonyl (C=O) groups is 1. The molecule has 6 heteroatoms. The zero-order chi connectivity index (χ0) is 18.9. The normalized spacial score (nSPS) is 18.7. The molecule has 4 rings (SSSR count). The van der Waals surface area contributed by atoms with E-state index < -0.39 is 5.79 Å². The molecule has 1 aromatic carbocycles. The lowest BCUT2D eigenvalue weighted by molar-refractivity contribution is -0.181. The van der Waals surface area contributed by atoms with Gasteiger partial charge in [0, 0.05) is 43.5 Å². The third-order valence-electron chi connectivity index (χ3n) is 5.36. The number of piperidine rings is 1. The number of nitrogens with zero attached hydrogens (tertiary/aromatic N) is 2. The molecule has 1 aromatic heterocycles. The predicted octanol–water partition coefficient (Wildman–Crippen LogP) is 3.42. The Bertz CT molecular complexity index is 816. The van der Waals surface area contributed by atoms with E-state index in [9.17, 15) is 4.79 Å². The van der Waals surface area contributed by atoms with E-state index in [1.54, 1.807) is 6.20 Å². The van der Waals surface area contributed by atoms with Crippen molar-refractivity contribution >= 4 is 17.3 Å². The summed E-state index contributed by atoms with van der Waals surface area (Å²) in [5.74, 6) is -0.524. The van der Waals surface area contributed by atoms with Crippen molar-refractivity contribution in [2.24, 2.45) is 0 Å². The third kappa shape index (κ3) is 3.68. The van der Waals surface area contributed by atoms with Crippen LogP contribution in [0.2, 0.25) is 0 Å². The first-order chi connectivity index (χ1) is 13.1. The minimum atomic E-state index is -0.476. The summed E-state index contributed by atoms with van der Waals surface area (Å²) in [5, 5.41) is 3.43. The Morgan fingerprint density at radius 2 is 1.78 bits per heavy atom. The summed E-state index contributed by atoms with van der Waals surface area (Å²) in [6, 6.07) is 9.88. The van der Waals surface area contributed by atoms with Crippen LogP contribution in [0.25, 0.3) is 0 Å². The van der Waals surface area contributed by atoms with Crippen LogP contribution in [0, 0.1) is 13.8 Å². The second-order valence-electron chi connectivity index (χ2n) is 7.22. The van der Waals surface area contributed by atoms with E-state index >= 15 is 0 Å². The molecule has 0 radical (unpaired) electrons. The van der Waals surface area contributed by atoms with Crippen molar-refractivity contribution in [2.45, 2.75) is 32.5 Å². The van der Waals surface area contributed by atoms with Gasteiger partial charge in [-0.25, -0.2) is 0 Å². The first-order valence-corrected chi connectivity index (χ1v) is 9.43. The van der Waals surface area contributed by atoms with Crippen LogP contribution in [-0.4, -0.2) is 47.9 Å². The zero-order valence-electron chi connectivity index (χ0n) is 15.8. The molecule has 6 nitrogen and oxygen atoms in total. The monoisotopic (exact) mass is 367 g/mol. The molecule has 1 spiro atoms. The minimum absolute atomic E-state index is 0.0481. The molecule has 0 unspecified atom stereocenters. The Morgan fingerprint density at radius 3 is 2.44 bits per heavy atom. The molecule has 2 fully saturated rings. The molecule has 0 atom stereocenters. The highest BCUT2D eigenvalue weighted by Crippen LogP contribution is 2.32. The Kier molecular flexibility index (Phi) is 4.85. The van der Waals surface area contributed by atoms with Gasteiger partial charge in [-0.2, -0.15) is 0 Å². The van der Waals surface area contributed by atoms with Gasteiger partial charge < -0.3 is 19.7 Å². The summed E-state index contributed by atoms with van der Waals surface area (Å²) in [6.45, 7) is 6.66. The zero-order valence-corrected chi connectivity index (χ0v) is 15.8. The van der Waals surface area contributed by atoms with E-state index in [0.717, 1.165) is 22.5 Å². The van der Waals surface area contributed by atoms with Crippen molar-refractivity contribution < 1.29 is 14.3 Å². The largest absolute Gasteiger partial charge is 0.355 e. The van der Waals surface area contributed by atoms with E-state index in [0.29, 0.717) is 44.8 Å². The highest BCUT2D eigenvalue weighted by Gasteiger charge is 2.41. The maximum atomic E-state index is 12.9. The number of pyridine rings is 1. The summed E-state index contributed by atoms with van der Waals surface area (Å²) in [6.07, 6.45) is 3.09. The number of anilines is 2. The molecule has 2 aliphatic heterocycles. The predicted molar refractivity (Wildman–Crippen MR) is 103 cm³/mol. The van der Waals surface area contributed by atoms with Crippen LogP contribution in [0.15, 0.2) is 36.5 Å². The fraction of sp³-hybridized carbons (Fsp3) is 0.429. The number of ether oxygens (including phenoxy) is 2. The van der Waals surface area contributed by atoms with Gasteiger partial charge in [0.2, 0.25) is 0 Å². The van der Waals surface area contributed by atoms with Crippen LogP contribution in [0.3, 0.4) is 0 Å². The average Bonchev–Trinajstić information content (AvgIpc) is 3.13. The highest BCUT2D eigenvalue weighted by molar-refractivity contribution is 5.93. The lowest BCUT2D eigenvalue weighted by Gasteiger charge is -2.37. The summed E-state index contributed by atoms with van der Waals surface area (Å²) < 4.78 is 11.5. The number of likely N-dealkylation sites (tertiary alicyclic amines) is 1. The van der Waals surface area contributed by atoms with E-state index in [1.165, 1.54) is 0 Å². The second-order valence-corrected chi connectivity index (χ2v) is 7.22. The van der Waals surface area contributed by atoms with Crippen LogP contribution >= 0.6 is 0 Å². The maximum absolute atomic E-state index is 12.9. The third-order valence-corrected chi connectivity index (χ3v) is 5.36. The number of rotatable bonds is 3. The number of amides is 1. The molecule has 27 heavy (non-hydrogen) atoms. The number of nitrogens with one attached hydrogen (secondary N) is 1. The Morgan fingerprint density at radius 1 is 1.11 bits per heavy atom. The quantitative estimate of drug-likeness (QED) is 0.901. The molecule has 142 valence electrons. The Labute approximate surface area is 159 Å². The summed E-state index contributed by atoms with van der Waals surface area (Å²) in [4.78, 5) is 19.0. The van der Waals surface area contributed by atoms with Crippen molar-refractivity contribution in [3.05, 3.63) is 53.3 Å². The minimum Gasteiger partial charge on any atom is -0.355 e. The van der Waals surface area contributed by atoms with Gasteiger partial charge in [0.05, 0.1) is 13.2 Å². The molecule has 2 aliphatic rings. The number of para-hydroxylation sites is 1. The van der Waals surface area contributed by atoms with Crippen molar-refractivity contribution in [1.29, 1.82) is 0 Å². The van der Waals surface area contributed by atoms with E-state index in [-0.39, 0.29) is 5.91 Å². The van der Waals surface area contributed by atoms with Gasteiger partial charge in [-0.05, 0) is 37.1 Å². The van der Waals surface area contributed by atoms with Crippen molar-refractivity contribution in [3.63, 3.8) is 0 Å². The van der Waals surface area contributed by atoms with Gasteiger partial charge in [-0.1, -0.05) is 18.2 Å². The second kappa shape index (κ2) is 7.29. The molecular formula is C21H25N3O3. The van der Waals surface area contributed by atoms with E-state index in [1.807, 2.05) is 23.1 Å². The molecular weight excluding hydrogens is 342 g/mol. The number of carbonyl (C=O) groups excluding carboxylic acids is 1. The van der Waals surface area contributed by atoms with Crippen LogP contribution in [-0.2, 0) is 9.47 Å². The number of hydrogen-bond donors (Lipinski definition) is 1. The van der Waals surface area contributed by atoms with Gasteiger partial charge in [0.15, 0.2) is 5.79 Å². The number of aromatic nitrogens is 1. The standard InChI is InChI=1S/C21H25N3O3/c1-15-4-3-5-16(2)19(15)23-17-6-9-22-18(14-17)20(25)24-10-7-21(8-11-24)26-12-13-27-21/h3-6,9,14H,7-8,10-13H2,1-2H3,(H,22,23). The lowest BCUT2D eigenvalue weighted by atomic mass is 10.0. The van der Waals surface area contributed by atoms with Crippen molar-refractivity contribution in [1.82, 2.24) is 9.88 Å². The SMILES string of the molecule is Cc1cccc(C)c1Nc1ccnc(C(=O)N2CCC3(CC2)OCCO3)c1. The van der Waals surface area contributed by atoms with Crippen molar-refractivity contribution in [2.75, 3.05) is 31.6 Å². The van der Waals surface area contributed by atoms with Gasteiger partial charge in [-0.15, -0.1) is 0 Å². The summed E-state index contributed by atoms with van der Waals surface area (Å²) in [5.41, 5.74) is 4.71. The summed E-state index contributed by atoms with van der Waals surface area (Å²) >= 11 is 0. The highest BCUT2D eigenvalue weighted by atomic mass is 16.7. The number of benzene rings is 1. The summed E-state index contributed by atoms with van der Waals surface area (Å²) in [7, 11) is 0. The molecule has 0 bridgehead atoms. The fourth-order valence-corrected chi connectivity index (χ4v) is 3.78.